The average molecular weight is 215 g/mol. The summed E-state index contributed by atoms with van der Waals surface area (Å²) in [5.74, 6) is 6.20. The first-order chi connectivity index (χ1) is 7.37. The molecule has 2 heteroatoms. The van der Waals surface area contributed by atoms with Crippen molar-refractivity contribution in [1.29, 1.82) is 0 Å². The van der Waals surface area contributed by atoms with E-state index in [4.69, 9.17) is 0 Å². The fourth-order valence-electron chi connectivity index (χ4n) is 1.10. The highest BCUT2D eigenvalue weighted by molar-refractivity contribution is 5.88. The van der Waals surface area contributed by atoms with Crippen LogP contribution in [-0.4, -0.2) is 5.91 Å². The van der Waals surface area contributed by atoms with E-state index in [1.165, 1.54) is 6.92 Å². The number of carbonyl (C=O) groups is 1. The Bertz CT molecular complexity index is 427. The molecule has 1 aromatic rings. The van der Waals surface area contributed by atoms with Crippen molar-refractivity contribution in [3.63, 3.8) is 0 Å². The largest absolute Gasteiger partial charge is 0.326 e. The van der Waals surface area contributed by atoms with Crippen LogP contribution in [0.25, 0.3) is 0 Å². The molecule has 1 aromatic carbocycles. The summed E-state index contributed by atoms with van der Waals surface area (Å²) in [6, 6.07) is 7.52. The lowest BCUT2D eigenvalue weighted by molar-refractivity contribution is -0.114. The Morgan fingerprint density at radius 2 is 1.75 bits per heavy atom. The zero-order valence-electron chi connectivity index (χ0n) is 10.2. The van der Waals surface area contributed by atoms with Crippen LogP contribution in [0.4, 0.5) is 5.69 Å². The third kappa shape index (κ3) is 4.65. The summed E-state index contributed by atoms with van der Waals surface area (Å²) in [5, 5.41) is 2.72. The molecule has 1 amide bonds. The van der Waals surface area contributed by atoms with E-state index in [-0.39, 0.29) is 11.3 Å². The fourth-order valence-corrected chi connectivity index (χ4v) is 1.10. The maximum absolute atomic E-state index is 10.8. The highest BCUT2D eigenvalue weighted by Crippen LogP contribution is 2.12. The highest BCUT2D eigenvalue weighted by atomic mass is 16.1. The van der Waals surface area contributed by atoms with E-state index in [9.17, 15) is 4.79 Å². The van der Waals surface area contributed by atoms with Gasteiger partial charge in [0, 0.05) is 23.6 Å². The second-order valence-electron chi connectivity index (χ2n) is 4.76. The third-order valence-electron chi connectivity index (χ3n) is 1.79. The molecule has 0 bridgehead atoms. The van der Waals surface area contributed by atoms with Crippen LogP contribution in [0.1, 0.15) is 33.3 Å². The summed E-state index contributed by atoms with van der Waals surface area (Å²) in [7, 11) is 0. The summed E-state index contributed by atoms with van der Waals surface area (Å²) in [4.78, 5) is 10.8. The molecule has 0 unspecified atom stereocenters. The molecular formula is C14H17NO. The van der Waals surface area contributed by atoms with E-state index in [1.54, 1.807) is 0 Å². The molecule has 0 atom stereocenters. The normalized spacial score (nSPS) is 10.2. The van der Waals surface area contributed by atoms with Gasteiger partial charge in [-0.15, -0.1) is 0 Å². The highest BCUT2D eigenvalue weighted by Gasteiger charge is 2.03. The summed E-state index contributed by atoms with van der Waals surface area (Å²) in [5.41, 5.74) is 1.77. The minimum atomic E-state index is -0.0616. The van der Waals surface area contributed by atoms with Gasteiger partial charge in [0.25, 0.3) is 0 Å². The topological polar surface area (TPSA) is 29.1 Å². The quantitative estimate of drug-likeness (QED) is 0.717. The van der Waals surface area contributed by atoms with Crippen molar-refractivity contribution < 1.29 is 4.79 Å². The van der Waals surface area contributed by atoms with Gasteiger partial charge in [0.2, 0.25) is 5.91 Å². The summed E-state index contributed by atoms with van der Waals surface area (Å²) in [6.45, 7) is 7.72. The van der Waals surface area contributed by atoms with Crippen LogP contribution in [0.15, 0.2) is 24.3 Å². The number of rotatable bonds is 1. The van der Waals surface area contributed by atoms with E-state index < -0.39 is 0 Å². The maximum atomic E-state index is 10.8. The van der Waals surface area contributed by atoms with Gasteiger partial charge in [-0.25, -0.2) is 0 Å². The number of benzene rings is 1. The number of carbonyl (C=O) groups excluding carboxylic acids is 1. The average Bonchev–Trinajstić information content (AvgIpc) is 2.14. The van der Waals surface area contributed by atoms with Crippen LogP contribution in [0.5, 0.6) is 0 Å². The van der Waals surface area contributed by atoms with E-state index in [0.29, 0.717) is 0 Å². The van der Waals surface area contributed by atoms with Crippen molar-refractivity contribution in [3.05, 3.63) is 29.8 Å². The lowest BCUT2D eigenvalue weighted by Gasteiger charge is -2.07. The second kappa shape index (κ2) is 4.85. The Morgan fingerprint density at radius 1 is 1.19 bits per heavy atom. The lowest BCUT2D eigenvalue weighted by atomic mass is 9.97. The van der Waals surface area contributed by atoms with Gasteiger partial charge in [-0.2, -0.15) is 0 Å². The molecule has 84 valence electrons. The van der Waals surface area contributed by atoms with E-state index >= 15 is 0 Å². The standard InChI is InChI=1S/C14H17NO/c1-11(16)15-13-7-5-12(6-8-13)9-10-14(2,3)4/h5-8H,1-4H3,(H,15,16). The van der Waals surface area contributed by atoms with Gasteiger partial charge in [0.1, 0.15) is 0 Å². The van der Waals surface area contributed by atoms with Crippen molar-refractivity contribution >= 4 is 11.6 Å². The molecule has 16 heavy (non-hydrogen) atoms. The zero-order valence-corrected chi connectivity index (χ0v) is 10.2. The Kier molecular flexibility index (Phi) is 3.73. The van der Waals surface area contributed by atoms with Crippen LogP contribution < -0.4 is 5.32 Å². The van der Waals surface area contributed by atoms with E-state index in [0.717, 1.165) is 11.3 Å². The molecular weight excluding hydrogens is 198 g/mol. The molecule has 0 fully saturated rings. The summed E-state index contributed by atoms with van der Waals surface area (Å²) < 4.78 is 0. The van der Waals surface area contributed by atoms with Crippen LogP contribution in [0.2, 0.25) is 0 Å². The van der Waals surface area contributed by atoms with E-state index in [2.05, 4.69) is 37.9 Å². The molecule has 0 saturated heterocycles. The molecule has 0 aromatic heterocycles. The van der Waals surface area contributed by atoms with Crippen molar-refractivity contribution in [1.82, 2.24) is 0 Å². The van der Waals surface area contributed by atoms with Crippen molar-refractivity contribution in [2.24, 2.45) is 5.41 Å². The van der Waals surface area contributed by atoms with Gasteiger partial charge in [0.05, 0.1) is 0 Å². The number of anilines is 1. The van der Waals surface area contributed by atoms with Gasteiger partial charge >= 0.3 is 0 Å². The molecule has 1 rings (SSSR count). The molecule has 0 saturated carbocycles. The molecule has 0 aliphatic carbocycles. The molecule has 0 spiro atoms. The predicted molar refractivity (Wildman–Crippen MR) is 67.1 cm³/mol. The number of nitrogens with one attached hydrogen (secondary N) is 1. The molecule has 0 heterocycles. The first-order valence-electron chi connectivity index (χ1n) is 5.28. The third-order valence-corrected chi connectivity index (χ3v) is 1.79. The van der Waals surface area contributed by atoms with Crippen LogP contribution >= 0.6 is 0 Å². The van der Waals surface area contributed by atoms with Crippen LogP contribution in [0, 0.1) is 17.3 Å². The molecule has 0 radical (unpaired) electrons. The molecule has 1 N–H and O–H groups in total. The first kappa shape index (κ1) is 12.3. The molecule has 0 aliphatic heterocycles. The number of hydrogen-bond acceptors (Lipinski definition) is 1. The second-order valence-corrected chi connectivity index (χ2v) is 4.76. The zero-order chi connectivity index (χ0) is 12.2. The van der Waals surface area contributed by atoms with Crippen molar-refractivity contribution in [2.75, 3.05) is 5.32 Å². The lowest BCUT2D eigenvalue weighted by Crippen LogP contribution is -2.05. The van der Waals surface area contributed by atoms with Crippen LogP contribution in [0.3, 0.4) is 0 Å². The summed E-state index contributed by atoms with van der Waals surface area (Å²) in [6.07, 6.45) is 0. The van der Waals surface area contributed by atoms with E-state index in [1.807, 2.05) is 24.3 Å². The maximum Gasteiger partial charge on any atom is 0.221 e. The monoisotopic (exact) mass is 215 g/mol. The van der Waals surface area contributed by atoms with Gasteiger partial charge < -0.3 is 5.32 Å². The minimum Gasteiger partial charge on any atom is -0.326 e. The minimum absolute atomic E-state index is 0.0102. The Labute approximate surface area is 97.1 Å². The summed E-state index contributed by atoms with van der Waals surface area (Å²) >= 11 is 0. The Hall–Kier alpha value is -1.75. The predicted octanol–water partition coefficient (Wildman–Crippen LogP) is 3.04. The van der Waals surface area contributed by atoms with Gasteiger partial charge in [0.15, 0.2) is 0 Å². The molecule has 2 nitrogen and oxygen atoms in total. The van der Waals surface area contributed by atoms with Crippen molar-refractivity contribution in [3.8, 4) is 11.8 Å². The van der Waals surface area contributed by atoms with Crippen molar-refractivity contribution in [2.45, 2.75) is 27.7 Å². The molecule has 0 aliphatic rings. The van der Waals surface area contributed by atoms with Gasteiger partial charge in [-0.05, 0) is 45.0 Å². The Balaban J connectivity index is 2.78. The first-order valence-corrected chi connectivity index (χ1v) is 5.28. The fraction of sp³-hybridized carbons (Fsp3) is 0.357. The number of hydrogen-bond donors (Lipinski definition) is 1. The van der Waals surface area contributed by atoms with Gasteiger partial charge in [-0.1, -0.05) is 11.8 Å². The van der Waals surface area contributed by atoms with Crippen LogP contribution in [-0.2, 0) is 4.79 Å². The van der Waals surface area contributed by atoms with Gasteiger partial charge in [-0.3, -0.25) is 4.79 Å². The SMILES string of the molecule is CC(=O)Nc1ccc(C#CC(C)(C)C)cc1. The number of amides is 1. The smallest absolute Gasteiger partial charge is 0.221 e. The Morgan fingerprint density at radius 3 is 2.19 bits per heavy atom.